The van der Waals surface area contributed by atoms with E-state index in [4.69, 9.17) is 5.73 Å². The number of aromatic nitrogens is 6. The van der Waals surface area contributed by atoms with E-state index in [1.54, 1.807) is 23.1 Å². The van der Waals surface area contributed by atoms with E-state index in [1.807, 2.05) is 26.2 Å². The minimum absolute atomic E-state index is 0.00509. The van der Waals surface area contributed by atoms with Crippen LogP contribution >= 0.6 is 11.3 Å². The summed E-state index contributed by atoms with van der Waals surface area (Å²) in [5.41, 5.74) is 5.61. The Morgan fingerprint density at radius 1 is 1.25 bits per heavy atom. The molecule has 0 spiro atoms. The number of nitrogens with zero attached hydrogens (tertiary/aromatic N) is 6. The van der Waals surface area contributed by atoms with Gasteiger partial charge in [-0.2, -0.15) is 5.10 Å². The maximum absolute atomic E-state index is 11.2. The van der Waals surface area contributed by atoms with Crippen molar-refractivity contribution >= 4 is 17.2 Å². The third-order valence-corrected chi connectivity index (χ3v) is 3.95. The molecule has 3 rings (SSSR count). The van der Waals surface area contributed by atoms with Crippen molar-refractivity contribution in [2.45, 2.75) is 32.7 Å². The number of thiazole rings is 1. The van der Waals surface area contributed by atoms with E-state index in [9.17, 15) is 4.79 Å². The van der Waals surface area contributed by atoms with Crippen LogP contribution in [0, 0.1) is 0 Å². The molecule has 2 N–H and O–H groups in total. The number of hydrogen-bond donors (Lipinski definition) is 1. The zero-order chi connectivity index (χ0) is 17.3. The Labute approximate surface area is 142 Å². The van der Waals surface area contributed by atoms with E-state index in [0.29, 0.717) is 28.2 Å². The van der Waals surface area contributed by atoms with E-state index in [1.165, 1.54) is 11.3 Å². The van der Waals surface area contributed by atoms with Gasteiger partial charge >= 0.3 is 0 Å². The lowest BCUT2D eigenvalue weighted by Gasteiger charge is -2.20. The van der Waals surface area contributed by atoms with Crippen LogP contribution in [0.4, 0.5) is 0 Å². The Morgan fingerprint density at radius 2 is 1.96 bits per heavy atom. The quantitative estimate of drug-likeness (QED) is 0.770. The highest BCUT2D eigenvalue weighted by atomic mass is 32.1. The van der Waals surface area contributed by atoms with Crippen molar-refractivity contribution in [1.29, 1.82) is 0 Å². The smallest absolute Gasteiger partial charge is 0.225 e. The second-order valence-corrected chi connectivity index (χ2v) is 7.05. The Bertz CT molecular complexity index is 864. The summed E-state index contributed by atoms with van der Waals surface area (Å²) in [6.07, 6.45) is 3.34. The van der Waals surface area contributed by atoms with Crippen LogP contribution in [0.15, 0.2) is 23.8 Å². The molecule has 3 aromatic rings. The molecule has 0 atom stereocenters. The lowest BCUT2D eigenvalue weighted by atomic mass is 10.1. The second-order valence-electron chi connectivity index (χ2n) is 6.19. The van der Waals surface area contributed by atoms with Crippen molar-refractivity contribution in [3.05, 3.63) is 29.7 Å². The first kappa shape index (κ1) is 16.2. The van der Waals surface area contributed by atoms with Crippen molar-refractivity contribution in [3.8, 4) is 22.4 Å². The first-order valence-corrected chi connectivity index (χ1v) is 8.20. The van der Waals surface area contributed by atoms with Gasteiger partial charge in [-0.05, 0) is 26.8 Å². The van der Waals surface area contributed by atoms with E-state index in [0.717, 1.165) is 0 Å². The molecule has 1 amide bonds. The summed E-state index contributed by atoms with van der Waals surface area (Å²) >= 11 is 1.43. The van der Waals surface area contributed by atoms with Gasteiger partial charge in [0.05, 0.1) is 12.0 Å². The zero-order valence-electron chi connectivity index (χ0n) is 13.6. The molecule has 0 aliphatic rings. The molecule has 0 bridgehead atoms. The zero-order valence-corrected chi connectivity index (χ0v) is 14.4. The molecule has 0 aliphatic carbocycles. The standard InChI is InChI=1S/C15H17N7OS/c1-15(2,3)22-13(20-11(21-22)7-10(16)23)9-8-24-14(19-9)12-17-5-4-6-18-12/h4-6,8H,7H2,1-3H3,(H2,16,23). The number of primary amides is 1. The monoisotopic (exact) mass is 343 g/mol. The largest absolute Gasteiger partial charge is 0.369 e. The lowest BCUT2D eigenvalue weighted by molar-refractivity contribution is -0.117. The predicted molar refractivity (Wildman–Crippen MR) is 90.1 cm³/mol. The summed E-state index contributed by atoms with van der Waals surface area (Å²) in [7, 11) is 0. The van der Waals surface area contributed by atoms with E-state index >= 15 is 0 Å². The number of rotatable bonds is 4. The number of amides is 1. The molecule has 124 valence electrons. The number of carbonyl (C=O) groups excluding carboxylic acids is 1. The van der Waals surface area contributed by atoms with Crippen LogP contribution in [0.25, 0.3) is 22.4 Å². The Hall–Kier alpha value is -2.68. The third kappa shape index (κ3) is 3.30. The normalized spacial score (nSPS) is 11.6. The minimum Gasteiger partial charge on any atom is -0.369 e. The van der Waals surface area contributed by atoms with Gasteiger partial charge in [0, 0.05) is 17.8 Å². The molecule has 8 nitrogen and oxygen atoms in total. The van der Waals surface area contributed by atoms with Gasteiger partial charge < -0.3 is 5.73 Å². The highest BCUT2D eigenvalue weighted by molar-refractivity contribution is 7.13. The van der Waals surface area contributed by atoms with Crippen LogP contribution in [0.3, 0.4) is 0 Å². The van der Waals surface area contributed by atoms with Crippen molar-refractivity contribution in [1.82, 2.24) is 29.7 Å². The van der Waals surface area contributed by atoms with Gasteiger partial charge in [0.1, 0.15) is 5.69 Å². The average Bonchev–Trinajstić information content (AvgIpc) is 3.13. The molecular weight excluding hydrogens is 326 g/mol. The van der Waals surface area contributed by atoms with Crippen LogP contribution in [-0.4, -0.2) is 35.6 Å². The fourth-order valence-corrected chi connectivity index (χ4v) is 2.85. The van der Waals surface area contributed by atoms with Gasteiger partial charge in [0.2, 0.25) is 5.91 Å². The summed E-state index contributed by atoms with van der Waals surface area (Å²) in [4.78, 5) is 28.6. The molecule has 24 heavy (non-hydrogen) atoms. The minimum atomic E-state index is -0.468. The fourth-order valence-electron chi connectivity index (χ4n) is 2.11. The molecule has 3 aromatic heterocycles. The van der Waals surface area contributed by atoms with Crippen LogP contribution in [0.5, 0.6) is 0 Å². The van der Waals surface area contributed by atoms with Crippen LogP contribution in [-0.2, 0) is 16.8 Å². The summed E-state index contributed by atoms with van der Waals surface area (Å²) in [6.45, 7) is 6.02. The van der Waals surface area contributed by atoms with Crippen LogP contribution < -0.4 is 5.73 Å². The molecule has 0 aliphatic heterocycles. The molecule has 0 saturated carbocycles. The summed E-state index contributed by atoms with van der Waals surface area (Å²) < 4.78 is 1.76. The average molecular weight is 343 g/mol. The van der Waals surface area contributed by atoms with E-state index in [-0.39, 0.29) is 12.0 Å². The summed E-state index contributed by atoms with van der Waals surface area (Å²) in [5.74, 6) is 1.08. The molecule has 0 aromatic carbocycles. The number of carbonyl (C=O) groups is 1. The maximum Gasteiger partial charge on any atom is 0.225 e. The Morgan fingerprint density at radius 3 is 2.58 bits per heavy atom. The first-order valence-electron chi connectivity index (χ1n) is 7.32. The predicted octanol–water partition coefficient (Wildman–Crippen LogP) is 1.64. The van der Waals surface area contributed by atoms with E-state index < -0.39 is 5.91 Å². The number of hydrogen-bond acceptors (Lipinski definition) is 7. The lowest BCUT2D eigenvalue weighted by Crippen LogP contribution is -2.24. The van der Waals surface area contributed by atoms with Gasteiger partial charge in [-0.3, -0.25) is 4.79 Å². The van der Waals surface area contributed by atoms with Gasteiger partial charge in [-0.25, -0.2) is 24.6 Å². The SMILES string of the molecule is CC(C)(C)n1nc(CC(N)=O)nc1-c1csc(-c2ncccn2)n1. The maximum atomic E-state index is 11.2. The topological polar surface area (TPSA) is 112 Å². The second kappa shape index (κ2) is 6.08. The molecule has 0 unspecified atom stereocenters. The van der Waals surface area contributed by atoms with Crippen molar-refractivity contribution in [2.75, 3.05) is 0 Å². The van der Waals surface area contributed by atoms with Gasteiger partial charge in [-0.1, -0.05) is 0 Å². The Balaban J connectivity index is 2.04. The molecule has 0 fully saturated rings. The van der Waals surface area contributed by atoms with Crippen LogP contribution in [0.2, 0.25) is 0 Å². The summed E-state index contributed by atoms with van der Waals surface area (Å²) in [5, 5.41) is 7.00. The van der Waals surface area contributed by atoms with Crippen molar-refractivity contribution in [2.24, 2.45) is 5.73 Å². The Kier molecular flexibility index (Phi) is 4.10. The van der Waals surface area contributed by atoms with Gasteiger partial charge in [0.25, 0.3) is 0 Å². The number of nitrogens with two attached hydrogens (primary N) is 1. The van der Waals surface area contributed by atoms with Crippen molar-refractivity contribution < 1.29 is 4.79 Å². The van der Waals surface area contributed by atoms with Gasteiger partial charge in [0.15, 0.2) is 22.5 Å². The van der Waals surface area contributed by atoms with Gasteiger partial charge in [-0.15, -0.1) is 11.3 Å². The summed E-state index contributed by atoms with van der Waals surface area (Å²) in [6, 6.07) is 1.75. The highest BCUT2D eigenvalue weighted by Gasteiger charge is 2.24. The highest BCUT2D eigenvalue weighted by Crippen LogP contribution is 2.28. The molecule has 3 heterocycles. The van der Waals surface area contributed by atoms with Crippen LogP contribution in [0.1, 0.15) is 26.6 Å². The molecule has 0 saturated heterocycles. The molecule has 0 radical (unpaired) electrons. The van der Waals surface area contributed by atoms with Crippen molar-refractivity contribution in [3.63, 3.8) is 0 Å². The molecular formula is C15H17N7OS. The first-order chi connectivity index (χ1) is 11.3. The third-order valence-electron chi connectivity index (χ3n) is 3.11. The molecule has 9 heteroatoms. The fraction of sp³-hybridized carbons (Fsp3) is 0.333. The van der Waals surface area contributed by atoms with E-state index in [2.05, 4.69) is 25.0 Å².